The van der Waals surface area contributed by atoms with E-state index in [1.807, 2.05) is 38.1 Å². The molecule has 6 N–H and O–H groups in total. The van der Waals surface area contributed by atoms with Crippen LogP contribution in [0.4, 0.5) is 11.4 Å². The Hall–Kier alpha value is -5.11. The van der Waals surface area contributed by atoms with Crippen molar-refractivity contribution < 1.29 is 49.7 Å². The third-order valence-corrected chi connectivity index (χ3v) is 7.37. The molecule has 0 fully saturated rings. The predicted molar refractivity (Wildman–Crippen MR) is 168 cm³/mol. The number of carboxylic acids is 2. The van der Waals surface area contributed by atoms with Crippen molar-refractivity contribution in [2.75, 3.05) is 10.8 Å². The van der Waals surface area contributed by atoms with E-state index in [1.54, 1.807) is 12.1 Å². The molecule has 12 heteroatoms. The molecule has 46 heavy (non-hydrogen) atoms. The second-order valence-electron chi connectivity index (χ2n) is 10.5. The molecule has 0 radical (unpaired) electrons. The monoisotopic (exact) mass is 630 g/mol. The average molecular weight is 631 g/mol. The highest BCUT2D eigenvalue weighted by molar-refractivity contribution is 6.11. The van der Waals surface area contributed by atoms with Gasteiger partial charge in [0.1, 0.15) is 19.8 Å². The van der Waals surface area contributed by atoms with Crippen LogP contribution in [0, 0.1) is 6.92 Å². The Kier molecular flexibility index (Phi) is 11.6. The van der Waals surface area contributed by atoms with Gasteiger partial charge in [0.05, 0.1) is 22.4 Å². The van der Waals surface area contributed by atoms with Crippen LogP contribution >= 0.6 is 0 Å². The summed E-state index contributed by atoms with van der Waals surface area (Å²) in [6.07, 6.45) is 1.33. The number of hydrogen-bond acceptors (Lipinski definition) is 9. The number of carbonyl (C=O) groups is 3. The Balaban J connectivity index is 1.43. The summed E-state index contributed by atoms with van der Waals surface area (Å²) in [5.74, 6) is -2.92. The zero-order chi connectivity index (χ0) is 33.2. The molecule has 240 valence electrons. The normalized spacial score (nSPS) is 10.9. The molecule has 0 aliphatic carbocycles. The molecule has 1 amide bonds. The maximum atomic E-state index is 13.0. The number of hydrogen-bond donors (Lipinski definition) is 6. The van der Waals surface area contributed by atoms with Crippen molar-refractivity contribution in [3.8, 4) is 0 Å². The number of anilines is 2. The third-order valence-electron chi connectivity index (χ3n) is 7.37. The van der Waals surface area contributed by atoms with E-state index >= 15 is 0 Å². The lowest BCUT2D eigenvalue weighted by molar-refractivity contribution is -0.253. The summed E-state index contributed by atoms with van der Waals surface area (Å²) in [7, 11) is 0. The first-order chi connectivity index (χ1) is 22.1. The molecule has 12 nitrogen and oxygen atoms in total. The van der Waals surface area contributed by atoms with Crippen molar-refractivity contribution in [1.29, 1.82) is 0 Å². The van der Waals surface area contributed by atoms with Crippen molar-refractivity contribution in [2.45, 2.75) is 46.5 Å². The Labute approximate surface area is 264 Å². The van der Waals surface area contributed by atoms with E-state index in [0.29, 0.717) is 35.2 Å². The Morgan fingerprint density at radius 2 is 1.37 bits per heavy atom. The van der Waals surface area contributed by atoms with Gasteiger partial charge in [-0.2, -0.15) is 0 Å². The highest BCUT2D eigenvalue weighted by Crippen LogP contribution is 2.25. The summed E-state index contributed by atoms with van der Waals surface area (Å²) in [6, 6.07) is 20.1. The highest BCUT2D eigenvalue weighted by atomic mass is 17.1. The minimum atomic E-state index is -1.25. The predicted octanol–water partition coefficient (Wildman–Crippen LogP) is 6.32. The van der Waals surface area contributed by atoms with Crippen LogP contribution in [0.2, 0.25) is 0 Å². The number of carboxylic acid groups (broad SMARTS) is 2. The van der Waals surface area contributed by atoms with E-state index < -0.39 is 17.8 Å². The van der Waals surface area contributed by atoms with Gasteiger partial charge in [0.2, 0.25) is 0 Å². The summed E-state index contributed by atoms with van der Waals surface area (Å²) in [5, 5.41) is 39.2. The fraction of sp³-hybridized carbons (Fsp3) is 0.206. The van der Waals surface area contributed by atoms with E-state index in [0.717, 1.165) is 27.9 Å². The summed E-state index contributed by atoms with van der Waals surface area (Å²) in [4.78, 5) is 50.1. The SMILES string of the molecule is CCc1cc(Cc2ccc(NC(=O)c3cc(COO)ccc3C(=O)O)c(C)c2)ccc1NOCc1cc(C(=O)O)ccc1COO. The van der Waals surface area contributed by atoms with Gasteiger partial charge >= 0.3 is 11.9 Å². The van der Waals surface area contributed by atoms with Gasteiger partial charge in [0.25, 0.3) is 5.91 Å². The lowest BCUT2D eigenvalue weighted by Gasteiger charge is -2.15. The molecule has 0 aromatic heterocycles. The molecule has 0 heterocycles. The molecule has 4 aromatic carbocycles. The first-order valence-corrected chi connectivity index (χ1v) is 14.3. The summed E-state index contributed by atoms with van der Waals surface area (Å²) in [5.41, 5.74) is 9.52. The number of nitrogens with one attached hydrogen (secondary N) is 2. The van der Waals surface area contributed by atoms with Gasteiger partial charge in [-0.3, -0.25) is 25.6 Å². The van der Waals surface area contributed by atoms with Gasteiger partial charge in [-0.1, -0.05) is 43.3 Å². The van der Waals surface area contributed by atoms with Gasteiger partial charge in [-0.25, -0.2) is 19.4 Å². The fourth-order valence-electron chi connectivity index (χ4n) is 4.98. The van der Waals surface area contributed by atoms with Gasteiger partial charge in [-0.15, -0.1) is 0 Å². The molecule has 0 unspecified atom stereocenters. The lowest BCUT2D eigenvalue weighted by atomic mass is 9.99. The van der Waals surface area contributed by atoms with Gasteiger partial charge in [0.15, 0.2) is 0 Å². The van der Waals surface area contributed by atoms with Crippen LogP contribution in [0.5, 0.6) is 0 Å². The topological polar surface area (TPSA) is 184 Å². The molecule has 0 bridgehead atoms. The van der Waals surface area contributed by atoms with Gasteiger partial charge in [-0.05, 0) is 95.1 Å². The lowest BCUT2D eigenvalue weighted by Crippen LogP contribution is -2.17. The molecule has 0 atom stereocenters. The largest absolute Gasteiger partial charge is 0.478 e. The second kappa shape index (κ2) is 15.8. The van der Waals surface area contributed by atoms with Crippen LogP contribution < -0.4 is 10.8 Å². The summed E-state index contributed by atoms with van der Waals surface area (Å²) in [6.45, 7) is 3.59. The molecule has 4 aromatic rings. The maximum absolute atomic E-state index is 13.0. The third kappa shape index (κ3) is 8.53. The summed E-state index contributed by atoms with van der Waals surface area (Å²) >= 11 is 0. The number of benzene rings is 4. The van der Waals surface area contributed by atoms with E-state index in [-0.39, 0.29) is 36.5 Å². The molecular weight excluding hydrogens is 596 g/mol. The molecule has 0 saturated carbocycles. The number of aryl methyl sites for hydroxylation is 2. The van der Waals surface area contributed by atoms with E-state index in [2.05, 4.69) is 26.6 Å². The van der Waals surface area contributed by atoms with Crippen molar-refractivity contribution in [3.05, 3.63) is 128 Å². The molecule has 0 aliphatic rings. The fourth-order valence-corrected chi connectivity index (χ4v) is 4.98. The minimum absolute atomic E-state index is 0.0347. The Morgan fingerprint density at radius 1 is 0.674 bits per heavy atom. The van der Waals surface area contributed by atoms with Crippen LogP contribution in [0.3, 0.4) is 0 Å². The number of rotatable bonds is 15. The van der Waals surface area contributed by atoms with Crippen LogP contribution in [-0.2, 0) is 47.3 Å². The first-order valence-electron chi connectivity index (χ1n) is 14.3. The molecule has 4 rings (SSSR count). The highest BCUT2D eigenvalue weighted by Gasteiger charge is 2.18. The van der Waals surface area contributed by atoms with Gasteiger partial charge in [0, 0.05) is 5.69 Å². The average Bonchev–Trinajstić information content (AvgIpc) is 3.03. The van der Waals surface area contributed by atoms with Crippen LogP contribution in [0.15, 0.2) is 72.8 Å². The van der Waals surface area contributed by atoms with Gasteiger partial charge < -0.3 is 15.5 Å². The molecule has 0 spiro atoms. The van der Waals surface area contributed by atoms with Crippen molar-refractivity contribution >= 4 is 29.2 Å². The Morgan fingerprint density at radius 3 is 2.02 bits per heavy atom. The molecule has 0 aliphatic heterocycles. The van der Waals surface area contributed by atoms with E-state index in [1.165, 1.54) is 30.3 Å². The number of carbonyl (C=O) groups excluding carboxylic acids is 1. The van der Waals surface area contributed by atoms with Crippen molar-refractivity contribution in [3.63, 3.8) is 0 Å². The zero-order valence-electron chi connectivity index (χ0n) is 25.2. The number of amides is 1. The van der Waals surface area contributed by atoms with Crippen LogP contribution in [0.1, 0.15) is 76.9 Å². The van der Waals surface area contributed by atoms with E-state index in [9.17, 15) is 24.6 Å². The zero-order valence-corrected chi connectivity index (χ0v) is 25.2. The van der Waals surface area contributed by atoms with Crippen molar-refractivity contribution in [1.82, 2.24) is 0 Å². The Bertz CT molecular complexity index is 1740. The van der Waals surface area contributed by atoms with Crippen LogP contribution in [-0.4, -0.2) is 38.6 Å². The molecule has 0 saturated heterocycles. The number of aromatic carboxylic acids is 2. The quantitative estimate of drug-likeness (QED) is 0.0638. The smallest absolute Gasteiger partial charge is 0.336 e. The minimum Gasteiger partial charge on any atom is -0.478 e. The summed E-state index contributed by atoms with van der Waals surface area (Å²) < 4.78 is 0. The standard InChI is InChI=1S/C34H34N2O10/c1-3-24-14-22(6-11-31(24)36-44-18-27-16-25(33(38)39)7-8-26(27)19-46-43)13-21-5-10-30(20(2)12-21)35-32(37)29-15-23(17-45-42)4-9-28(29)34(40)41/h4-12,14-16,36,42-43H,3,13,17-19H2,1-2H3,(H,35,37)(H,38,39)(H,40,41). The molecular formula is C34H34N2O10. The van der Waals surface area contributed by atoms with Crippen LogP contribution in [0.25, 0.3) is 0 Å². The first kappa shape index (κ1) is 33.8. The second-order valence-corrected chi connectivity index (χ2v) is 10.5. The maximum Gasteiger partial charge on any atom is 0.336 e. The van der Waals surface area contributed by atoms with Crippen molar-refractivity contribution in [2.24, 2.45) is 0 Å². The van der Waals surface area contributed by atoms with E-state index in [4.69, 9.17) is 15.4 Å².